The molecule has 2 amide bonds. The largest absolute Gasteiger partial charge is 0.504 e. The van der Waals surface area contributed by atoms with Gasteiger partial charge < -0.3 is 41.3 Å². The summed E-state index contributed by atoms with van der Waals surface area (Å²) in [6.07, 6.45) is 3.60. The molecule has 0 saturated carbocycles. The third-order valence-corrected chi connectivity index (χ3v) is 8.98. The van der Waals surface area contributed by atoms with Crippen LogP contribution in [0.15, 0.2) is 45.8 Å². The number of aliphatic carboxylic acids is 1. The number of carbonyl (C=O) groups is 4. The summed E-state index contributed by atoms with van der Waals surface area (Å²) in [4.78, 5) is 63.2. The quantitative estimate of drug-likeness (QED) is 0.0205. The van der Waals surface area contributed by atoms with Gasteiger partial charge in [-0.05, 0) is 44.0 Å². The number of carboxylic acid groups (broad SMARTS) is 1. The van der Waals surface area contributed by atoms with E-state index in [2.05, 4.69) is 38.3 Å². The van der Waals surface area contributed by atoms with Crippen LogP contribution in [-0.2, 0) is 24.0 Å². The van der Waals surface area contributed by atoms with E-state index in [1.807, 2.05) is 20.8 Å². The molecule has 1 aromatic carbocycles. The minimum absolute atomic E-state index is 0.00700. The second kappa shape index (κ2) is 24.1. The molecule has 0 aliphatic carbocycles. The number of amides is 2. The molecule has 0 bridgehead atoms. The van der Waals surface area contributed by atoms with Crippen LogP contribution in [-0.4, -0.2) is 101 Å². The number of allylic oxidation sites excluding steroid dienone is 2. The number of rotatable bonds is 23. The molecule has 0 aliphatic rings. The Morgan fingerprint density at radius 3 is 2.36 bits per heavy atom. The first-order chi connectivity index (χ1) is 25.1. The van der Waals surface area contributed by atoms with Crippen molar-refractivity contribution in [3.05, 3.63) is 46.3 Å². The van der Waals surface area contributed by atoms with Crippen LogP contribution in [0.2, 0.25) is 5.02 Å². The van der Waals surface area contributed by atoms with Crippen LogP contribution in [0.3, 0.4) is 0 Å². The molecule has 0 spiro atoms. The number of phenolic OH excluding ortho intramolecular Hbond substituents is 2. The van der Waals surface area contributed by atoms with Crippen molar-refractivity contribution in [3.8, 4) is 11.5 Å². The number of nitrogens with zero attached hydrogens (tertiary/aromatic N) is 3. The number of nitrogens with one attached hydrogen (secondary N) is 2. The molecular weight excluding hydrogens is 728 g/mol. The first-order valence-electron chi connectivity index (χ1n) is 17.4. The van der Waals surface area contributed by atoms with Gasteiger partial charge in [-0.2, -0.15) is 12.6 Å². The molecule has 0 radical (unpaired) electrons. The molecule has 0 aromatic heterocycles. The van der Waals surface area contributed by atoms with Crippen LogP contribution >= 0.6 is 24.2 Å². The number of benzene rings is 1. The summed E-state index contributed by atoms with van der Waals surface area (Å²) >= 11 is 10.5. The highest BCUT2D eigenvalue weighted by molar-refractivity contribution is 7.80. The molecule has 1 rings (SSSR count). The predicted molar refractivity (Wildman–Crippen MR) is 208 cm³/mol. The van der Waals surface area contributed by atoms with E-state index in [1.54, 1.807) is 20.8 Å². The Morgan fingerprint density at radius 1 is 1.13 bits per heavy atom. The number of phenols is 2. The highest BCUT2D eigenvalue weighted by atomic mass is 35.5. The van der Waals surface area contributed by atoms with Gasteiger partial charge in [-0.1, -0.05) is 63.9 Å². The number of halogens is 1. The summed E-state index contributed by atoms with van der Waals surface area (Å²) in [5.74, 6) is -5.70. The van der Waals surface area contributed by atoms with E-state index in [0.717, 1.165) is 12.8 Å². The lowest BCUT2D eigenvalue weighted by molar-refractivity contribution is -0.153. The number of amidine groups is 1. The monoisotopic (exact) mass is 782 g/mol. The number of thiol groups is 1. The van der Waals surface area contributed by atoms with Crippen LogP contribution in [0, 0.1) is 17.8 Å². The maximum Gasteiger partial charge on any atom is 0.348 e. The van der Waals surface area contributed by atoms with E-state index >= 15 is 0 Å². The number of hydrogen-bond donors (Lipinski definition) is 7. The van der Waals surface area contributed by atoms with Crippen LogP contribution < -0.4 is 16.4 Å². The smallest absolute Gasteiger partial charge is 0.348 e. The highest BCUT2D eigenvalue weighted by Gasteiger charge is 2.32. The Hall–Kier alpha value is -4.28. The van der Waals surface area contributed by atoms with Crippen molar-refractivity contribution in [2.24, 2.45) is 33.6 Å². The van der Waals surface area contributed by atoms with Gasteiger partial charge in [0, 0.05) is 43.4 Å². The Kier molecular flexibility index (Phi) is 21.3. The zero-order chi connectivity index (χ0) is 40.2. The van der Waals surface area contributed by atoms with Crippen LogP contribution in [0.25, 0.3) is 0 Å². The molecule has 0 saturated heterocycles. The van der Waals surface area contributed by atoms with Crippen molar-refractivity contribution < 1.29 is 44.1 Å². The standard InChI is InChI=1S/C36H55ClN6O9S/c1-8-11-15-43(16-14-39-34(47)24-12-13-27(44)31(46)29(24)37)19-23(20-53)18-40-35(48)25(17-28(45)51-7)30(42-52-32(21(4)5)36(49)50)26(10-3)41-33(38)22(6)9-2/h10,12-13,18,21-22,25,32,44,46,53H,8-9,11,14-17,19-20H2,1-7H3,(H2,38,41)(H,39,47)(H,40,48)(H,49,50)/b23-18-,26-10-,42-30+. The van der Waals surface area contributed by atoms with Gasteiger partial charge in [0.25, 0.3) is 5.91 Å². The maximum absolute atomic E-state index is 13.9. The molecule has 17 heteroatoms. The van der Waals surface area contributed by atoms with E-state index in [-0.39, 0.29) is 46.0 Å². The molecule has 15 nitrogen and oxygen atoms in total. The van der Waals surface area contributed by atoms with Crippen LogP contribution in [0.1, 0.15) is 77.6 Å². The van der Waals surface area contributed by atoms with Gasteiger partial charge in [-0.15, -0.1) is 0 Å². The number of nitrogens with two attached hydrogens (primary N) is 1. The van der Waals surface area contributed by atoms with Gasteiger partial charge in [0.05, 0.1) is 35.7 Å². The number of aromatic hydroxyl groups is 2. The van der Waals surface area contributed by atoms with Gasteiger partial charge in [-0.3, -0.25) is 19.3 Å². The molecule has 3 atom stereocenters. The molecule has 0 fully saturated rings. The summed E-state index contributed by atoms with van der Waals surface area (Å²) < 4.78 is 4.89. The fourth-order valence-electron chi connectivity index (χ4n) is 4.65. The first kappa shape index (κ1) is 46.7. The van der Waals surface area contributed by atoms with E-state index in [4.69, 9.17) is 26.9 Å². The van der Waals surface area contributed by atoms with Gasteiger partial charge >= 0.3 is 11.9 Å². The molecule has 3 unspecified atom stereocenters. The number of oxime groups is 1. The number of carbonyl (C=O) groups excluding carboxylic acids is 3. The van der Waals surface area contributed by atoms with Gasteiger partial charge in [0.15, 0.2) is 11.5 Å². The zero-order valence-electron chi connectivity index (χ0n) is 31.5. The minimum atomic E-state index is -1.36. The Morgan fingerprint density at radius 2 is 1.81 bits per heavy atom. The van der Waals surface area contributed by atoms with E-state index in [0.29, 0.717) is 31.6 Å². The van der Waals surface area contributed by atoms with Crippen LogP contribution in [0.4, 0.5) is 0 Å². The molecule has 0 heterocycles. The van der Waals surface area contributed by atoms with E-state index < -0.39 is 59.6 Å². The van der Waals surface area contributed by atoms with Gasteiger partial charge in [0.1, 0.15) is 11.5 Å². The lowest BCUT2D eigenvalue weighted by Gasteiger charge is -2.24. The Balaban J connectivity index is 3.43. The fourth-order valence-corrected chi connectivity index (χ4v) is 5.09. The third-order valence-electron chi connectivity index (χ3n) is 8.19. The second-order valence-corrected chi connectivity index (χ2v) is 13.3. The molecule has 1 aromatic rings. The van der Waals surface area contributed by atoms with Crippen molar-refractivity contribution >= 4 is 59.5 Å². The Bertz CT molecular complexity index is 1530. The van der Waals surface area contributed by atoms with Crippen LogP contribution in [0.5, 0.6) is 11.5 Å². The second-order valence-electron chi connectivity index (χ2n) is 12.6. The Labute approximate surface area is 322 Å². The SMILES string of the molecule is C/C=C(N=C(N)C(C)CC)/C(=N/OC(C(=O)O)C(C)C)C(CC(=O)OC)C(=O)N/C=C(\CS)CN(CCCC)CCNC(=O)c1ccc(O)c(O)c1Cl. The third kappa shape index (κ3) is 15.3. The summed E-state index contributed by atoms with van der Waals surface area (Å²) in [5, 5.41) is 38.6. The number of esters is 1. The summed E-state index contributed by atoms with van der Waals surface area (Å²) in [7, 11) is 1.18. The summed E-state index contributed by atoms with van der Waals surface area (Å²) in [6, 6.07) is 2.48. The van der Waals surface area contributed by atoms with Crippen molar-refractivity contribution in [3.63, 3.8) is 0 Å². The minimum Gasteiger partial charge on any atom is -0.504 e. The normalized spacial score (nSPS) is 14.5. The first-order valence-corrected chi connectivity index (χ1v) is 18.4. The van der Waals surface area contributed by atoms with Crippen molar-refractivity contribution in [2.75, 3.05) is 39.0 Å². The maximum atomic E-state index is 13.9. The average molecular weight is 783 g/mol. The molecular formula is C36H55ClN6O9S. The molecule has 0 aliphatic heterocycles. The highest BCUT2D eigenvalue weighted by Crippen LogP contribution is 2.35. The lowest BCUT2D eigenvalue weighted by Crippen LogP contribution is -2.38. The van der Waals surface area contributed by atoms with E-state index in [9.17, 15) is 34.5 Å². The number of methoxy groups -OCH3 is 1. The molecule has 53 heavy (non-hydrogen) atoms. The number of hydrogen-bond acceptors (Lipinski definition) is 12. The fraction of sp³-hybridized carbons (Fsp3) is 0.556. The van der Waals surface area contributed by atoms with Crippen molar-refractivity contribution in [1.29, 1.82) is 0 Å². The van der Waals surface area contributed by atoms with E-state index in [1.165, 1.54) is 31.5 Å². The topological polar surface area (TPSA) is 225 Å². The summed E-state index contributed by atoms with van der Waals surface area (Å²) in [5.41, 5.74) is 6.96. The zero-order valence-corrected chi connectivity index (χ0v) is 33.2. The molecule has 7 N–H and O–H groups in total. The summed E-state index contributed by atoms with van der Waals surface area (Å²) in [6.45, 7) is 12.4. The lowest BCUT2D eigenvalue weighted by atomic mass is 9.95. The van der Waals surface area contributed by atoms with Crippen molar-refractivity contribution in [1.82, 2.24) is 15.5 Å². The van der Waals surface area contributed by atoms with Gasteiger partial charge in [-0.25, -0.2) is 9.79 Å². The number of ether oxygens (including phenoxy) is 1. The molecule has 296 valence electrons. The number of unbranched alkanes of at least 4 members (excludes halogenated alkanes) is 1. The van der Waals surface area contributed by atoms with Gasteiger partial charge in [0.2, 0.25) is 12.0 Å². The number of aliphatic imine (C=N–C) groups is 1. The van der Waals surface area contributed by atoms with Crippen molar-refractivity contribution in [2.45, 2.75) is 73.3 Å². The predicted octanol–water partition coefficient (Wildman–Crippen LogP) is 4.48. The number of carboxylic acids is 1. The average Bonchev–Trinajstić information content (AvgIpc) is 3.13.